The molecule has 1 N–H and O–H groups in total. The third-order valence-corrected chi connectivity index (χ3v) is 7.41. The van der Waals surface area contributed by atoms with E-state index in [1.54, 1.807) is 11.1 Å². The van der Waals surface area contributed by atoms with Gasteiger partial charge in [-0.3, -0.25) is 20.2 Å². The molecule has 40 heavy (non-hydrogen) atoms. The number of pyridine rings is 1. The molecule has 0 aliphatic carbocycles. The van der Waals surface area contributed by atoms with Crippen LogP contribution in [-0.4, -0.2) is 50.3 Å². The van der Waals surface area contributed by atoms with Crippen LogP contribution in [0.25, 0.3) is 22.0 Å². The van der Waals surface area contributed by atoms with Crippen LogP contribution in [0.4, 0.5) is 24.5 Å². The highest BCUT2D eigenvalue weighted by Gasteiger charge is 2.29. The summed E-state index contributed by atoms with van der Waals surface area (Å²) in [5, 5.41) is 1.08. The monoisotopic (exact) mass is 588 g/mol. The Morgan fingerprint density at radius 2 is 1.65 bits per heavy atom. The molecule has 2 aliphatic rings. The Bertz CT molecular complexity index is 1620. The van der Waals surface area contributed by atoms with Gasteiger partial charge < -0.3 is 14.4 Å². The molecule has 1 aromatic heterocycles. The van der Waals surface area contributed by atoms with Gasteiger partial charge in [0, 0.05) is 30.2 Å². The fraction of sp³-hybridized carbons (Fsp3) is 0.214. The molecule has 0 atom stereocenters. The maximum absolute atomic E-state index is 15.3. The van der Waals surface area contributed by atoms with Gasteiger partial charge in [-0.25, -0.2) is 13.2 Å². The highest BCUT2D eigenvalue weighted by molar-refractivity contribution is 6.35. The molecule has 0 bridgehead atoms. The molecule has 1 saturated heterocycles. The number of ether oxygens (including phenoxy) is 2. The zero-order valence-corrected chi connectivity index (χ0v) is 22.3. The Hall–Kier alpha value is -3.73. The third kappa shape index (κ3) is 4.55. The summed E-state index contributed by atoms with van der Waals surface area (Å²) in [4.78, 5) is 20.0. The van der Waals surface area contributed by atoms with E-state index in [0.29, 0.717) is 62.0 Å². The summed E-state index contributed by atoms with van der Waals surface area (Å²) < 4.78 is 56.8. The molecule has 4 aromatic rings. The van der Waals surface area contributed by atoms with Crippen molar-refractivity contribution in [1.82, 2.24) is 10.4 Å². The summed E-state index contributed by atoms with van der Waals surface area (Å²) in [7, 11) is 0. The first-order valence-corrected chi connectivity index (χ1v) is 13.2. The van der Waals surface area contributed by atoms with Crippen molar-refractivity contribution >= 4 is 51.4 Å². The number of hydrazine groups is 1. The second-order valence-corrected chi connectivity index (χ2v) is 10.0. The molecule has 1 fully saturated rings. The number of benzene rings is 3. The van der Waals surface area contributed by atoms with Crippen LogP contribution in [0.15, 0.2) is 48.7 Å². The van der Waals surface area contributed by atoms with Gasteiger partial charge in [-0.2, -0.15) is 0 Å². The maximum atomic E-state index is 15.3. The minimum atomic E-state index is -1.17. The van der Waals surface area contributed by atoms with Crippen molar-refractivity contribution < 1.29 is 27.4 Å². The lowest BCUT2D eigenvalue weighted by Crippen LogP contribution is -2.47. The molecule has 2 aliphatic heterocycles. The minimum absolute atomic E-state index is 0.0501. The third-order valence-electron chi connectivity index (χ3n) is 6.86. The van der Waals surface area contributed by atoms with E-state index in [9.17, 15) is 4.79 Å². The lowest BCUT2D eigenvalue weighted by atomic mass is 9.97. The van der Waals surface area contributed by atoms with Gasteiger partial charge in [0.15, 0.2) is 11.6 Å². The average molecular weight is 589 g/mol. The van der Waals surface area contributed by atoms with Crippen LogP contribution in [0.5, 0.6) is 5.75 Å². The van der Waals surface area contributed by atoms with Crippen molar-refractivity contribution in [1.29, 1.82) is 0 Å². The number of hydrogen-bond donors (Lipinski definition) is 1. The molecule has 1 amide bonds. The number of anilines is 2. The summed E-state index contributed by atoms with van der Waals surface area (Å²) in [6.07, 6.45) is 1.28. The predicted molar refractivity (Wildman–Crippen MR) is 147 cm³/mol. The zero-order valence-electron chi connectivity index (χ0n) is 20.8. The number of fused-ring (bicyclic) bond motifs is 2. The van der Waals surface area contributed by atoms with Gasteiger partial charge in [0.1, 0.15) is 18.2 Å². The van der Waals surface area contributed by atoms with Crippen molar-refractivity contribution in [2.75, 3.05) is 49.4 Å². The molecule has 3 heterocycles. The standard InChI is InChI=1S/C28H21Cl2F3N4O3/c29-17-13-18(30)25(33)23(24(17)32)22-19(31)6-5-15-26(22)34-14-16(27(15)36-7-10-39-11-8-36)28(38)35-37-9-12-40-21-4-2-1-3-20(21)37/h1-6,13-14H,7-12H2,(H,35,38). The lowest BCUT2D eigenvalue weighted by Gasteiger charge is -2.33. The van der Waals surface area contributed by atoms with Gasteiger partial charge in [-0.1, -0.05) is 35.3 Å². The van der Waals surface area contributed by atoms with E-state index in [1.165, 1.54) is 12.3 Å². The first-order chi connectivity index (χ1) is 19.3. The lowest BCUT2D eigenvalue weighted by molar-refractivity contribution is 0.0943. The van der Waals surface area contributed by atoms with Crippen molar-refractivity contribution in [3.05, 3.63) is 81.7 Å². The Kier molecular flexibility index (Phi) is 7.07. The summed E-state index contributed by atoms with van der Waals surface area (Å²) in [6.45, 7) is 2.41. The normalized spacial score (nSPS) is 15.1. The van der Waals surface area contributed by atoms with E-state index in [4.69, 9.17) is 32.7 Å². The first kappa shape index (κ1) is 26.5. The number of nitrogens with one attached hydrogen (secondary N) is 1. The maximum Gasteiger partial charge on any atom is 0.273 e. The second-order valence-electron chi connectivity index (χ2n) is 9.19. The highest BCUT2D eigenvalue weighted by Crippen LogP contribution is 2.42. The largest absolute Gasteiger partial charge is 0.489 e. The van der Waals surface area contributed by atoms with Crippen LogP contribution in [-0.2, 0) is 4.74 Å². The molecule has 3 aromatic carbocycles. The molecule has 7 nitrogen and oxygen atoms in total. The highest BCUT2D eigenvalue weighted by atomic mass is 35.5. The van der Waals surface area contributed by atoms with E-state index in [2.05, 4.69) is 10.4 Å². The van der Waals surface area contributed by atoms with Gasteiger partial charge in [-0.05, 0) is 30.3 Å². The second kappa shape index (κ2) is 10.7. The average Bonchev–Trinajstić information content (AvgIpc) is 2.97. The van der Waals surface area contributed by atoms with Crippen molar-refractivity contribution in [2.24, 2.45) is 0 Å². The Labute approximate surface area is 237 Å². The number of nitrogens with zero attached hydrogens (tertiary/aromatic N) is 3. The van der Waals surface area contributed by atoms with Gasteiger partial charge >= 0.3 is 0 Å². The Balaban J connectivity index is 1.52. The summed E-state index contributed by atoms with van der Waals surface area (Å²) in [6, 6.07) is 10.7. The molecule has 0 unspecified atom stereocenters. The van der Waals surface area contributed by atoms with E-state index in [1.807, 2.05) is 23.1 Å². The van der Waals surface area contributed by atoms with Crippen molar-refractivity contribution in [2.45, 2.75) is 0 Å². The smallest absolute Gasteiger partial charge is 0.273 e. The molecule has 0 saturated carbocycles. The summed E-state index contributed by atoms with van der Waals surface area (Å²) >= 11 is 11.9. The number of carbonyl (C=O) groups is 1. The molecular formula is C28H21Cl2F3N4O3. The number of amides is 1. The number of hydrogen-bond acceptors (Lipinski definition) is 6. The van der Waals surface area contributed by atoms with Gasteiger partial charge in [0.05, 0.1) is 57.8 Å². The predicted octanol–water partition coefficient (Wildman–Crippen LogP) is 6.01. The van der Waals surface area contributed by atoms with Crippen LogP contribution >= 0.6 is 23.2 Å². The number of rotatable bonds is 4. The van der Waals surface area contributed by atoms with Crippen LogP contribution in [0, 0.1) is 17.5 Å². The number of aromatic nitrogens is 1. The number of carbonyl (C=O) groups excluding carboxylic acids is 1. The molecule has 0 spiro atoms. The van der Waals surface area contributed by atoms with E-state index < -0.39 is 44.5 Å². The fourth-order valence-electron chi connectivity index (χ4n) is 5.02. The van der Waals surface area contributed by atoms with Crippen LogP contribution in [0.1, 0.15) is 10.4 Å². The van der Waals surface area contributed by atoms with Crippen LogP contribution in [0.2, 0.25) is 10.0 Å². The minimum Gasteiger partial charge on any atom is -0.489 e. The topological polar surface area (TPSA) is 66.9 Å². The molecule has 0 radical (unpaired) electrons. The Morgan fingerprint density at radius 1 is 0.925 bits per heavy atom. The molecular weight excluding hydrogens is 568 g/mol. The Morgan fingerprint density at radius 3 is 2.40 bits per heavy atom. The summed E-state index contributed by atoms with van der Waals surface area (Å²) in [5.74, 6) is -3.11. The quantitative estimate of drug-likeness (QED) is 0.295. The SMILES string of the molecule is O=C(NN1CCOc2ccccc21)c1cnc2c(-c3c(F)c(Cl)cc(Cl)c3F)c(F)ccc2c1N1CCOCC1. The van der Waals surface area contributed by atoms with Crippen molar-refractivity contribution in [3.63, 3.8) is 0 Å². The molecule has 206 valence electrons. The van der Waals surface area contributed by atoms with E-state index in [-0.39, 0.29) is 11.1 Å². The number of morpholine rings is 1. The van der Waals surface area contributed by atoms with E-state index in [0.717, 1.165) is 12.1 Å². The van der Waals surface area contributed by atoms with Crippen LogP contribution in [0.3, 0.4) is 0 Å². The van der Waals surface area contributed by atoms with E-state index >= 15 is 13.2 Å². The van der Waals surface area contributed by atoms with Gasteiger partial charge in [0.25, 0.3) is 5.91 Å². The number of halogens is 5. The fourth-order valence-corrected chi connectivity index (χ4v) is 5.48. The zero-order chi connectivity index (χ0) is 28.0. The summed E-state index contributed by atoms with van der Waals surface area (Å²) in [5.41, 5.74) is 3.01. The molecule has 6 rings (SSSR count). The first-order valence-electron chi connectivity index (χ1n) is 12.4. The van der Waals surface area contributed by atoms with Gasteiger partial charge in [-0.15, -0.1) is 0 Å². The van der Waals surface area contributed by atoms with Crippen LogP contribution < -0.4 is 20.1 Å². The molecule has 12 heteroatoms. The van der Waals surface area contributed by atoms with Gasteiger partial charge in [0.2, 0.25) is 0 Å². The van der Waals surface area contributed by atoms with Crippen molar-refractivity contribution in [3.8, 4) is 16.9 Å². The number of para-hydroxylation sites is 2.